The summed E-state index contributed by atoms with van der Waals surface area (Å²) in [4.78, 5) is 2.31. The van der Waals surface area contributed by atoms with Crippen LogP contribution in [0.15, 0.2) is 83.8 Å². The van der Waals surface area contributed by atoms with Crippen molar-refractivity contribution in [2.45, 2.75) is 11.3 Å². The number of anilines is 2. The summed E-state index contributed by atoms with van der Waals surface area (Å²) >= 11 is 12.0. The Morgan fingerprint density at radius 2 is 1.46 bits per heavy atom. The van der Waals surface area contributed by atoms with Crippen molar-refractivity contribution < 1.29 is 8.42 Å². The fraction of sp³-hybridized carbons (Fsp3) is 0.143. The standard InChI is InChI=1S/C21H20Cl2N2O2S/c22-17-10-12-21(13-11-17)28(26,27)24-14-5-15-25(19-7-2-1-3-8-19)20-9-4-6-18(23)16-20/h1-4,6-13,16,24H,5,14-15H2. The lowest BCUT2D eigenvalue weighted by molar-refractivity contribution is 0.579. The molecule has 146 valence electrons. The predicted molar refractivity (Wildman–Crippen MR) is 116 cm³/mol. The molecular formula is C21H20Cl2N2O2S. The zero-order valence-corrected chi connectivity index (χ0v) is 17.4. The minimum atomic E-state index is -3.56. The van der Waals surface area contributed by atoms with Crippen LogP contribution in [0.1, 0.15) is 6.42 Å². The van der Waals surface area contributed by atoms with Crippen LogP contribution in [-0.2, 0) is 10.0 Å². The molecule has 0 aliphatic rings. The minimum absolute atomic E-state index is 0.201. The van der Waals surface area contributed by atoms with Crippen molar-refractivity contribution in [3.63, 3.8) is 0 Å². The number of rotatable bonds is 8. The highest BCUT2D eigenvalue weighted by atomic mass is 35.5. The molecule has 28 heavy (non-hydrogen) atoms. The molecule has 0 amide bonds. The highest BCUT2D eigenvalue weighted by Crippen LogP contribution is 2.27. The monoisotopic (exact) mass is 434 g/mol. The molecule has 3 aromatic carbocycles. The van der Waals surface area contributed by atoms with Crippen LogP contribution >= 0.6 is 23.2 Å². The highest BCUT2D eigenvalue weighted by molar-refractivity contribution is 7.89. The molecule has 0 heterocycles. The second-order valence-corrected chi connectivity index (χ2v) is 8.81. The Balaban J connectivity index is 1.67. The van der Waals surface area contributed by atoms with Crippen LogP contribution in [0.2, 0.25) is 10.0 Å². The van der Waals surface area contributed by atoms with Gasteiger partial charge in [-0.3, -0.25) is 0 Å². The van der Waals surface area contributed by atoms with Crippen molar-refractivity contribution in [3.05, 3.63) is 88.9 Å². The average molecular weight is 435 g/mol. The van der Waals surface area contributed by atoms with Crippen LogP contribution in [0, 0.1) is 0 Å². The first-order valence-electron chi connectivity index (χ1n) is 8.79. The molecule has 1 N–H and O–H groups in total. The van der Waals surface area contributed by atoms with Crippen molar-refractivity contribution in [3.8, 4) is 0 Å². The summed E-state index contributed by atoms with van der Waals surface area (Å²) in [6, 6.07) is 23.6. The number of nitrogens with one attached hydrogen (secondary N) is 1. The summed E-state index contributed by atoms with van der Waals surface area (Å²) in [6.07, 6.45) is 0.619. The summed E-state index contributed by atoms with van der Waals surface area (Å²) in [5.41, 5.74) is 1.98. The molecule has 0 radical (unpaired) electrons. The van der Waals surface area contributed by atoms with E-state index in [2.05, 4.69) is 9.62 Å². The maximum absolute atomic E-state index is 12.4. The van der Waals surface area contributed by atoms with Crippen LogP contribution in [0.25, 0.3) is 0 Å². The van der Waals surface area contributed by atoms with Gasteiger partial charge in [0.25, 0.3) is 0 Å². The molecular weight excluding hydrogens is 415 g/mol. The fourth-order valence-electron chi connectivity index (χ4n) is 2.80. The Labute approximate surface area is 175 Å². The number of hydrogen-bond acceptors (Lipinski definition) is 3. The smallest absolute Gasteiger partial charge is 0.240 e. The van der Waals surface area contributed by atoms with Crippen molar-refractivity contribution in [1.29, 1.82) is 0 Å². The first-order chi connectivity index (χ1) is 13.5. The normalized spacial score (nSPS) is 11.4. The van der Waals surface area contributed by atoms with Crippen LogP contribution < -0.4 is 9.62 Å². The van der Waals surface area contributed by atoms with Gasteiger partial charge >= 0.3 is 0 Å². The van der Waals surface area contributed by atoms with E-state index < -0.39 is 10.0 Å². The number of benzene rings is 3. The van der Waals surface area contributed by atoms with Gasteiger partial charge in [-0.15, -0.1) is 0 Å². The first kappa shape index (κ1) is 20.7. The van der Waals surface area contributed by atoms with Crippen LogP contribution in [0.4, 0.5) is 11.4 Å². The summed E-state index contributed by atoms with van der Waals surface area (Å²) in [7, 11) is -3.56. The minimum Gasteiger partial charge on any atom is -0.341 e. The van der Waals surface area contributed by atoms with Gasteiger partial charge in [-0.2, -0.15) is 0 Å². The lowest BCUT2D eigenvalue weighted by atomic mass is 10.2. The van der Waals surface area contributed by atoms with E-state index in [9.17, 15) is 8.42 Å². The van der Waals surface area contributed by atoms with Gasteiger partial charge in [-0.25, -0.2) is 13.1 Å². The third-order valence-electron chi connectivity index (χ3n) is 4.16. The number of hydrogen-bond donors (Lipinski definition) is 1. The lowest BCUT2D eigenvalue weighted by Gasteiger charge is -2.25. The Bertz CT molecular complexity index is 1010. The summed E-state index contributed by atoms with van der Waals surface area (Å²) < 4.78 is 27.4. The summed E-state index contributed by atoms with van der Waals surface area (Å²) in [5, 5.41) is 1.15. The number of para-hydroxylation sites is 1. The molecule has 0 unspecified atom stereocenters. The number of sulfonamides is 1. The van der Waals surface area contributed by atoms with Crippen molar-refractivity contribution in [2.24, 2.45) is 0 Å². The average Bonchev–Trinajstić information content (AvgIpc) is 2.69. The fourth-order valence-corrected chi connectivity index (χ4v) is 4.18. The van der Waals surface area contributed by atoms with Gasteiger partial charge in [-0.1, -0.05) is 47.5 Å². The second-order valence-electron chi connectivity index (χ2n) is 6.17. The van der Waals surface area contributed by atoms with E-state index >= 15 is 0 Å². The molecule has 3 aromatic rings. The van der Waals surface area contributed by atoms with Gasteiger partial charge in [0.15, 0.2) is 0 Å². The Kier molecular flexibility index (Phi) is 6.97. The van der Waals surface area contributed by atoms with Gasteiger partial charge in [0.05, 0.1) is 4.90 Å². The molecule has 0 bridgehead atoms. The lowest BCUT2D eigenvalue weighted by Crippen LogP contribution is -2.28. The maximum atomic E-state index is 12.4. The largest absolute Gasteiger partial charge is 0.341 e. The van der Waals surface area contributed by atoms with E-state index in [4.69, 9.17) is 23.2 Å². The molecule has 0 aliphatic carbocycles. The van der Waals surface area contributed by atoms with Crippen LogP contribution in [0.5, 0.6) is 0 Å². The van der Waals surface area contributed by atoms with Crippen LogP contribution in [0.3, 0.4) is 0 Å². The molecule has 7 heteroatoms. The molecule has 0 fully saturated rings. The van der Waals surface area contributed by atoms with Crippen LogP contribution in [-0.4, -0.2) is 21.5 Å². The van der Waals surface area contributed by atoms with E-state index in [0.29, 0.717) is 29.6 Å². The molecule has 0 atom stereocenters. The van der Waals surface area contributed by atoms with E-state index in [1.807, 2.05) is 54.6 Å². The number of halogens is 2. The van der Waals surface area contributed by atoms with Gasteiger partial charge in [-0.05, 0) is 61.0 Å². The zero-order chi connectivity index (χ0) is 20.0. The van der Waals surface area contributed by atoms with Crippen molar-refractivity contribution in [2.75, 3.05) is 18.0 Å². The Morgan fingerprint density at radius 1 is 0.786 bits per heavy atom. The van der Waals surface area contributed by atoms with E-state index in [0.717, 1.165) is 11.4 Å². The molecule has 0 aromatic heterocycles. The van der Waals surface area contributed by atoms with Gasteiger partial charge < -0.3 is 4.90 Å². The Hall–Kier alpha value is -2.05. The molecule has 0 spiro atoms. The first-order valence-corrected chi connectivity index (χ1v) is 11.0. The third-order valence-corrected chi connectivity index (χ3v) is 6.13. The van der Waals surface area contributed by atoms with Gasteiger partial charge in [0.2, 0.25) is 10.0 Å². The van der Waals surface area contributed by atoms with Gasteiger partial charge in [0.1, 0.15) is 0 Å². The van der Waals surface area contributed by atoms with E-state index in [1.54, 1.807) is 12.1 Å². The van der Waals surface area contributed by atoms with E-state index in [1.165, 1.54) is 12.1 Å². The summed E-state index contributed by atoms with van der Waals surface area (Å²) in [5.74, 6) is 0. The van der Waals surface area contributed by atoms with E-state index in [-0.39, 0.29) is 4.90 Å². The molecule has 0 aliphatic heterocycles. The molecule has 0 saturated carbocycles. The molecule has 3 rings (SSSR count). The zero-order valence-electron chi connectivity index (χ0n) is 15.1. The Morgan fingerprint density at radius 3 is 2.14 bits per heavy atom. The maximum Gasteiger partial charge on any atom is 0.240 e. The third kappa shape index (κ3) is 5.49. The quantitative estimate of drug-likeness (QED) is 0.476. The highest BCUT2D eigenvalue weighted by Gasteiger charge is 2.14. The molecule has 0 saturated heterocycles. The predicted octanol–water partition coefficient (Wildman–Crippen LogP) is 5.50. The van der Waals surface area contributed by atoms with Crippen molar-refractivity contribution >= 4 is 44.6 Å². The van der Waals surface area contributed by atoms with Gasteiger partial charge in [0, 0.05) is 34.5 Å². The second kappa shape index (κ2) is 9.43. The molecule has 4 nitrogen and oxygen atoms in total. The van der Waals surface area contributed by atoms with Crippen molar-refractivity contribution in [1.82, 2.24) is 4.72 Å². The summed E-state index contributed by atoms with van der Waals surface area (Å²) in [6.45, 7) is 0.947. The SMILES string of the molecule is O=S(=O)(NCCCN(c1ccccc1)c1cccc(Cl)c1)c1ccc(Cl)cc1. The topological polar surface area (TPSA) is 49.4 Å². The number of nitrogens with zero attached hydrogens (tertiary/aromatic N) is 1.